The van der Waals surface area contributed by atoms with Gasteiger partial charge >= 0.3 is 5.97 Å². The molecule has 1 aliphatic rings. The van der Waals surface area contributed by atoms with Gasteiger partial charge in [-0.3, -0.25) is 14.4 Å². The molecule has 7 N–H and O–H groups in total. The smallest absolute Gasteiger partial charge is 0.326 e. The van der Waals surface area contributed by atoms with Gasteiger partial charge in [-0.05, 0) is 51.5 Å². The summed E-state index contributed by atoms with van der Waals surface area (Å²) in [6, 6.07) is -3.34. The number of nitrogens with two attached hydrogens (primary N) is 2. The number of nitrogens with one attached hydrogen (secondary N) is 2. The van der Waals surface area contributed by atoms with Crippen molar-refractivity contribution in [1.82, 2.24) is 15.5 Å². The summed E-state index contributed by atoms with van der Waals surface area (Å²) in [7, 11) is 0. The SMILES string of the molecule is CC(C)[C@H](N)C(=O)N1CCC[C@H]1C(=O)N[C@@H](C)C(=O)N[C@@H](CCCCN)C(=O)O. The van der Waals surface area contributed by atoms with Gasteiger partial charge in [0, 0.05) is 6.54 Å². The lowest BCUT2D eigenvalue weighted by Crippen LogP contribution is -2.56. The van der Waals surface area contributed by atoms with Crippen LogP contribution in [-0.4, -0.2) is 71.0 Å². The standard InChI is InChI=1S/C19H35N5O5/c1-11(2)15(21)18(27)24-10-6-8-14(24)17(26)22-12(3)16(25)23-13(19(28)29)7-4-5-9-20/h11-15H,4-10,20-21H2,1-3H3,(H,22,26)(H,23,25)(H,28,29)/t12-,13-,14-,15-/m0/s1. The van der Waals surface area contributed by atoms with E-state index in [-0.39, 0.29) is 18.2 Å². The first-order valence-electron chi connectivity index (χ1n) is 10.2. The zero-order chi connectivity index (χ0) is 22.1. The first kappa shape index (κ1) is 24.8. The van der Waals surface area contributed by atoms with E-state index in [1.54, 1.807) is 0 Å². The molecular weight excluding hydrogens is 378 g/mol. The van der Waals surface area contributed by atoms with Crippen LogP contribution in [0, 0.1) is 5.92 Å². The molecule has 0 radical (unpaired) electrons. The Morgan fingerprint density at radius 1 is 1.14 bits per heavy atom. The summed E-state index contributed by atoms with van der Waals surface area (Å²) in [5.74, 6) is -2.49. The van der Waals surface area contributed by atoms with E-state index >= 15 is 0 Å². The summed E-state index contributed by atoms with van der Waals surface area (Å²) in [5, 5.41) is 14.3. The Morgan fingerprint density at radius 3 is 2.34 bits per heavy atom. The van der Waals surface area contributed by atoms with Gasteiger partial charge < -0.3 is 32.1 Å². The Balaban J connectivity index is 2.66. The monoisotopic (exact) mass is 413 g/mol. The van der Waals surface area contributed by atoms with E-state index in [4.69, 9.17) is 11.5 Å². The molecule has 0 aromatic carbocycles. The quantitative estimate of drug-likeness (QED) is 0.275. The lowest BCUT2D eigenvalue weighted by atomic mass is 10.0. The fourth-order valence-corrected chi connectivity index (χ4v) is 3.20. The summed E-state index contributed by atoms with van der Waals surface area (Å²) in [6.07, 6.45) is 2.67. The average Bonchev–Trinajstić information content (AvgIpc) is 3.15. The maximum atomic E-state index is 12.6. The van der Waals surface area contributed by atoms with Crippen LogP contribution in [0.15, 0.2) is 0 Å². The van der Waals surface area contributed by atoms with Gasteiger partial charge in [0.05, 0.1) is 6.04 Å². The van der Waals surface area contributed by atoms with Crippen molar-refractivity contribution in [3.8, 4) is 0 Å². The first-order chi connectivity index (χ1) is 13.6. The Morgan fingerprint density at radius 2 is 1.79 bits per heavy atom. The van der Waals surface area contributed by atoms with Gasteiger partial charge in [-0.1, -0.05) is 13.8 Å². The molecule has 1 rings (SSSR count). The number of nitrogens with zero attached hydrogens (tertiary/aromatic N) is 1. The second-order valence-corrected chi connectivity index (χ2v) is 7.87. The number of carboxylic acid groups (broad SMARTS) is 1. The van der Waals surface area contributed by atoms with E-state index in [1.165, 1.54) is 11.8 Å². The predicted molar refractivity (Wildman–Crippen MR) is 108 cm³/mol. The maximum absolute atomic E-state index is 12.6. The molecule has 0 unspecified atom stereocenters. The van der Waals surface area contributed by atoms with E-state index in [9.17, 15) is 24.3 Å². The molecule has 10 nitrogen and oxygen atoms in total. The summed E-state index contributed by atoms with van der Waals surface area (Å²) in [4.78, 5) is 50.3. The highest BCUT2D eigenvalue weighted by molar-refractivity contribution is 5.94. The van der Waals surface area contributed by atoms with Gasteiger partial charge in [-0.25, -0.2) is 4.79 Å². The molecule has 4 atom stereocenters. The first-order valence-corrected chi connectivity index (χ1v) is 10.2. The van der Waals surface area contributed by atoms with Crippen molar-refractivity contribution in [2.45, 2.75) is 77.0 Å². The fourth-order valence-electron chi connectivity index (χ4n) is 3.20. The van der Waals surface area contributed by atoms with Crippen molar-refractivity contribution in [3.63, 3.8) is 0 Å². The third-order valence-corrected chi connectivity index (χ3v) is 5.16. The highest BCUT2D eigenvalue weighted by Gasteiger charge is 2.37. The summed E-state index contributed by atoms with van der Waals surface area (Å²) in [5.41, 5.74) is 11.3. The molecule has 1 saturated heterocycles. The van der Waals surface area contributed by atoms with Crippen molar-refractivity contribution in [2.24, 2.45) is 17.4 Å². The minimum absolute atomic E-state index is 0.0521. The highest BCUT2D eigenvalue weighted by Crippen LogP contribution is 2.20. The largest absolute Gasteiger partial charge is 0.480 e. The Hall–Kier alpha value is -2.20. The Labute approximate surface area is 171 Å². The third-order valence-electron chi connectivity index (χ3n) is 5.16. The highest BCUT2D eigenvalue weighted by atomic mass is 16.4. The van der Waals surface area contributed by atoms with Crippen LogP contribution in [0.3, 0.4) is 0 Å². The zero-order valence-corrected chi connectivity index (χ0v) is 17.5. The third kappa shape index (κ3) is 7.28. The molecule has 1 heterocycles. The lowest BCUT2D eigenvalue weighted by molar-refractivity contribution is -0.143. The molecule has 0 aromatic heterocycles. The molecule has 0 spiro atoms. The molecule has 10 heteroatoms. The minimum atomic E-state index is -1.14. The van der Waals surface area contributed by atoms with Crippen molar-refractivity contribution in [3.05, 3.63) is 0 Å². The second-order valence-electron chi connectivity index (χ2n) is 7.87. The minimum Gasteiger partial charge on any atom is -0.480 e. The molecule has 0 aromatic rings. The molecule has 0 saturated carbocycles. The van der Waals surface area contributed by atoms with Crippen LogP contribution in [0.5, 0.6) is 0 Å². The molecular formula is C19H35N5O5. The number of carbonyl (C=O) groups is 4. The molecule has 29 heavy (non-hydrogen) atoms. The molecule has 0 bridgehead atoms. The number of carbonyl (C=O) groups excluding carboxylic acids is 3. The van der Waals surface area contributed by atoms with Crippen LogP contribution < -0.4 is 22.1 Å². The van der Waals surface area contributed by atoms with E-state index in [0.717, 1.165) is 0 Å². The molecule has 3 amide bonds. The van der Waals surface area contributed by atoms with Crippen LogP contribution in [0.1, 0.15) is 52.9 Å². The van der Waals surface area contributed by atoms with E-state index in [1.807, 2.05) is 13.8 Å². The van der Waals surface area contributed by atoms with E-state index in [0.29, 0.717) is 38.8 Å². The summed E-state index contributed by atoms with van der Waals surface area (Å²) < 4.78 is 0. The second kappa shape index (κ2) is 11.7. The topological polar surface area (TPSA) is 168 Å². The molecule has 166 valence electrons. The fraction of sp³-hybridized carbons (Fsp3) is 0.789. The van der Waals surface area contributed by atoms with Gasteiger partial charge in [0.1, 0.15) is 18.1 Å². The van der Waals surface area contributed by atoms with Gasteiger partial charge in [0.15, 0.2) is 0 Å². The predicted octanol–water partition coefficient (Wildman–Crippen LogP) is -0.836. The number of likely N-dealkylation sites (tertiary alicyclic amines) is 1. The zero-order valence-electron chi connectivity index (χ0n) is 17.5. The van der Waals surface area contributed by atoms with Crippen molar-refractivity contribution >= 4 is 23.7 Å². The number of aliphatic carboxylic acids is 1. The summed E-state index contributed by atoms with van der Waals surface area (Å²) in [6.45, 7) is 6.05. The van der Waals surface area contributed by atoms with Crippen LogP contribution in [0.4, 0.5) is 0 Å². The number of rotatable bonds is 11. The van der Waals surface area contributed by atoms with E-state index < -0.39 is 42.0 Å². The van der Waals surface area contributed by atoms with Crippen molar-refractivity contribution in [1.29, 1.82) is 0 Å². The van der Waals surface area contributed by atoms with Crippen molar-refractivity contribution in [2.75, 3.05) is 13.1 Å². The number of amides is 3. The Kier molecular flexibility index (Phi) is 10.0. The van der Waals surface area contributed by atoms with Gasteiger partial charge in [0.2, 0.25) is 17.7 Å². The van der Waals surface area contributed by atoms with Gasteiger partial charge in [-0.15, -0.1) is 0 Å². The van der Waals surface area contributed by atoms with Crippen LogP contribution in [-0.2, 0) is 19.2 Å². The molecule has 1 aliphatic heterocycles. The van der Waals surface area contributed by atoms with Gasteiger partial charge in [-0.2, -0.15) is 0 Å². The van der Waals surface area contributed by atoms with E-state index in [2.05, 4.69) is 10.6 Å². The Bertz CT molecular complexity index is 598. The van der Waals surface area contributed by atoms with Crippen LogP contribution in [0.25, 0.3) is 0 Å². The number of unbranched alkanes of at least 4 members (excludes halogenated alkanes) is 1. The number of hydrogen-bond acceptors (Lipinski definition) is 6. The lowest BCUT2D eigenvalue weighted by Gasteiger charge is -2.29. The average molecular weight is 414 g/mol. The van der Waals surface area contributed by atoms with Crippen LogP contribution >= 0.6 is 0 Å². The van der Waals surface area contributed by atoms with Crippen LogP contribution in [0.2, 0.25) is 0 Å². The van der Waals surface area contributed by atoms with Gasteiger partial charge in [0.25, 0.3) is 0 Å². The molecule has 0 aliphatic carbocycles. The maximum Gasteiger partial charge on any atom is 0.326 e. The summed E-state index contributed by atoms with van der Waals surface area (Å²) >= 11 is 0. The molecule has 1 fully saturated rings. The normalized spacial score (nSPS) is 19.5. The number of hydrogen-bond donors (Lipinski definition) is 5. The number of carboxylic acids is 1. The van der Waals surface area contributed by atoms with Crippen molar-refractivity contribution < 1.29 is 24.3 Å².